The van der Waals surface area contributed by atoms with Crippen molar-refractivity contribution in [2.75, 3.05) is 13.3 Å². The fraction of sp³-hybridized carbons (Fsp3) is 0.385. The van der Waals surface area contributed by atoms with E-state index >= 15 is 0 Å². The van der Waals surface area contributed by atoms with Gasteiger partial charge in [0, 0.05) is 13.7 Å². The molecule has 96 valence electrons. The number of carbonyl (C=O) groups excluding carboxylic acids is 1. The molecule has 0 aliphatic carbocycles. The third-order valence-corrected chi connectivity index (χ3v) is 2.67. The van der Waals surface area contributed by atoms with Crippen molar-refractivity contribution in [1.82, 2.24) is 0 Å². The van der Waals surface area contributed by atoms with Gasteiger partial charge in [0.25, 0.3) is 0 Å². The van der Waals surface area contributed by atoms with E-state index < -0.39 is 0 Å². The molecule has 0 bridgehead atoms. The molecule has 0 amide bonds. The van der Waals surface area contributed by atoms with Gasteiger partial charge < -0.3 is 16.0 Å². The first kappa shape index (κ1) is 19.1. The molecule has 0 unspecified atom stereocenters. The summed E-state index contributed by atoms with van der Waals surface area (Å²) in [4.78, 5) is 7.75. The van der Waals surface area contributed by atoms with Crippen LogP contribution in [0.3, 0.4) is 0 Å². The summed E-state index contributed by atoms with van der Waals surface area (Å²) in [7, 11) is -0.326. The third kappa shape index (κ3) is 9.45. The molecule has 4 heteroatoms. The second-order valence-electron chi connectivity index (χ2n) is 4.16. The zero-order chi connectivity index (χ0) is 12.6. The van der Waals surface area contributed by atoms with Crippen molar-refractivity contribution >= 4 is 14.7 Å². The summed E-state index contributed by atoms with van der Waals surface area (Å²) in [6.45, 7) is 12.1. The van der Waals surface area contributed by atoms with Gasteiger partial charge in [-0.1, -0.05) is 18.2 Å². The standard InChI is InChI=1S/C12H18NP.CHO.Ru.H/c1-10(2)8-11-6-5-7-12(13-11)9-14(3)4;1-2;;/h5-7,9H,8H2,1-4H3;1H;;/q-2;-1;+3;/p+1. The van der Waals surface area contributed by atoms with E-state index in [2.05, 4.69) is 63.3 Å². The zero-order valence-electron chi connectivity index (χ0n) is 10.8. The number of hydrogen-bond acceptors (Lipinski definition) is 1. The van der Waals surface area contributed by atoms with Crippen LogP contribution in [0.15, 0.2) is 35.4 Å². The van der Waals surface area contributed by atoms with E-state index in [1.807, 2.05) is 0 Å². The molecule has 17 heavy (non-hydrogen) atoms. The molecular formula is C13H21NOPRu+. The minimum absolute atomic E-state index is 0. The van der Waals surface area contributed by atoms with Crippen LogP contribution in [0, 0.1) is 5.92 Å². The molecule has 0 aromatic rings. The summed E-state index contributed by atoms with van der Waals surface area (Å²) in [5.74, 6) is 3.70. The molecule has 0 saturated carbocycles. The minimum atomic E-state index is -0.326. The Morgan fingerprint density at radius 2 is 2.00 bits per heavy atom. The summed E-state index contributed by atoms with van der Waals surface area (Å²) >= 11 is 0. The monoisotopic (exact) mass is 340 g/mol. The van der Waals surface area contributed by atoms with E-state index in [0.717, 1.165) is 12.1 Å². The van der Waals surface area contributed by atoms with E-state index in [1.165, 1.54) is 11.6 Å². The van der Waals surface area contributed by atoms with Crippen molar-refractivity contribution in [2.24, 2.45) is 0 Å². The van der Waals surface area contributed by atoms with Gasteiger partial charge in [0.05, 0.1) is 13.3 Å². The molecule has 1 heterocycles. The van der Waals surface area contributed by atoms with E-state index in [-0.39, 0.29) is 27.4 Å². The van der Waals surface area contributed by atoms with Crippen LogP contribution in [0.25, 0.3) is 5.32 Å². The Labute approximate surface area is 119 Å². The Hall–Kier alpha value is -0.257. The summed E-state index contributed by atoms with van der Waals surface area (Å²) in [5, 5.41) is 4.60. The van der Waals surface area contributed by atoms with Gasteiger partial charge in [0.15, 0.2) is 0 Å². The van der Waals surface area contributed by atoms with Crippen LogP contribution in [-0.4, -0.2) is 20.1 Å². The van der Waals surface area contributed by atoms with Crippen molar-refractivity contribution < 1.29 is 24.3 Å². The molecule has 1 aliphatic heterocycles. The van der Waals surface area contributed by atoms with Crippen LogP contribution in [0.2, 0.25) is 0 Å². The first-order chi connectivity index (χ1) is 7.58. The molecule has 1 radical (unpaired) electrons. The van der Waals surface area contributed by atoms with E-state index in [4.69, 9.17) is 4.79 Å². The Morgan fingerprint density at radius 3 is 2.47 bits per heavy atom. The first-order valence-corrected chi connectivity index (χ1v) is 7.79. The molecule has 0 N–H and O–H groups in total. The molecule has 0 aromatic carbocycles. The topological polar surface area (TPSA) is 31.2 Å². The van der Waals surface area contributed by atoms with Gasteiger partial charge >= 0.3 is 19.5 Å². The van der Waals surface area contributed by atoms with Gasteiger partial charge in [0.2, 0.25) is 0 Å². The van der Waals surface area contributed by atoms with E-state index in [9.17, 15) is 0 Å². The summed E-state index contributed by atoms with van der Waals surface area (Å²) in [5.41, 5.74) is 2.32. The fourth-order valence-corrected chi connectivity index (χ4v) is 2.09. The quantitative estimate of drug-likeness (QED) is 0.335. The van der Waals surface area contributed by atoms with Crippen LogP contribution in [0.5, 0.6) is 0 Å². The van der Waals surface area contributed by atoms with E-state index in [0.29, 0.717) is 0 Å². The van der Waals surface area contributed by atoms with Gasteiger partial charge in [-0.15, -0.1) is 5.70 Å². The van der Waals surface area contributed by atoms with Crippen molar-refractivity contribution in [3.8, 4) is 0 Å². The first-order valence-electron chi connectivity index (χ1n) is 5.21. The fourth-order valence-electron chi connectivity index (χ4n) is 1.33. The Balaban J connectivity index is 0. The van der Waals surface area contributed by atoms with Gasteiger partial charge in [-0.3, -0.25) is 6.79 Å². The Kier molecular flexibility index (Phi) is 12.2. The summed E-state index contributed by atoms with van der Waals surface area (Å²) < 4.78 is 0. The summed E-state index contributed by atoms with van der Waals surface area (Å²) in [6.07, 6.45) is 7.29. The molecule has 2 nitrogen and oxygen atoms in total. The second kappa shape index (κ2) is 10.9. The van der Waals surface area contributed by atoms with Crippen LogP contribution >= 0.6 is 7.92 Å². The Bertz CT molecular complexity index is 296. The molecule has 0 saturated heterocycles. The molecule has 0 atom stereocenters. The maximum atomic E-state index is 7.75. The average Bonchev–Trinajstić information content (AvgIpc) is 2.19. The van der Waals surface area contributed by atoms with Crippen LogP contribution in [0.4, 0.5) is 0 Å². The van der Waals surface area contributed by atoms with Crippen molar-refractivity contribution in [2.45, 2.75) is 20.3 Å². The van der Waals surface area contributed by atoms with Gasteiger partial charge in [-0.25, -0.2) is 0 Å². The van der Waals surface area contributed by atoms with Gasteiger partial charge in [-0.2, -0.15) is 26.0 Å². The number of hydrogen-bond donors (Lipinski definition) is 0. The van der Waals surface area contributed by atoms with Crippen molar-refractivity contribution in [3.63, 3.8) is 0 Å². The van der Waals surface area contributed by atoms with Gasteiger partial charge in [0.1, 0.15) is 0 Å². The number of allylic oxidation sites excluding steroid dienone is 4. The maximum absolute atomic E-state index is 7.75. The number of rotatable bonds is 3. The molecule has 0 fully saturated rings. The molecular weight excluding hydrogens is 318 g/mol. The average molecular weight is 339 g/mol. The van der Waals surface area contributed by atoms with Crippen LogP contribution in [0.1, 0.15) is 20.3 Å². The summed E-state index contributed by atoms with van der Waals surface area (Å²) in [6, 6.07) is 0. The normalized spacial score (nSPS) is 15.9. The predicted molar refractivity (Wildman–Crippen MR) is 76.2 cm³/mol. The molecule has 0 spiro atoms. The van der Waals surface area contributed by atoms with Crippen LogP contribution in [-0.2, 0) is 24.3 Å². The zero-order valence-corrected chi connectivity index (χ0v) is 13.7. The SMILES string of the molecule is C[C-](C)CC1=CC=CC(=C[PH+](C)C)[N-]1.[CH-]=O.[RuH+3]. The Morgan fingerprint density at radius 1 is 1.41 bits per heavy atom. The molecule has 1 rings (SSSR count). The van der Waals surface area contributed by atoms with E-state index in [1.54, 1.807) is 0 Å². The molecule has 0 aromatic heterocycles. The number of nitrogens with zero attached hydrogens (tertiary/aromatic N) is 1. The van der Waals surface area contributed by atoms with Crippen LogP contribution < -0.4 is 0 Å². The van der Waals surface area contributed by atoms with Crippen molar-refractivity contribution in [1.29, 1.82) is 0 Å². The van der Waals surface area contributed by atoms with Crippen molar-refractivity contribution in [3.05, 3.63) is 46.7 Å². The molecule has 1 aliphatic rings. The van der Waals surface area contributed by atoms with Gasteiger partial charge in [-0.05, 0) is 0 Å². The third-order valence-electron chi connectivity index (χ3n) is 1.80. The predicted octanol–water partition coefficient (Wildman–Crippen LogP) is 3.59. The second-order valence-corrected chi connectivity index (χ2v) is 6.60.